The van der Waals surface area contributed by atoms with Crippen LogP contribution < -0.4 is 5.73 Å². The first-order valence-corrected chi connectivity index (χ1v) is 7.74. The molecule has 0 aliphatic carbocycles. The first kappa shape index (κ1) is 16.5. The number of carbonyl (C=O) groups is 1. The minimum absolute atomic E-state index is 0.253. The maximum Gasteiger partial charge on any atom is 0.223 e. The number of piperidine rings is 1. The molecule has 0 spiro atoms. The summed E-state index contributed by atoms with van der Waals surface area (Å²) in [6.07, 6.45) is 4.08. The van der Waals surface area contributed by atoms with Gasteiger partial charge in [-0.1, -0.05) is 34.6 Å². The lowest BCUT2D eigenvalue weighted by molar-refractivity contribution is -0.137. The number of rotatable bonds is 4. The molecule has 1 saturated heterocycles. The van der Waals surface area contributed by atoms with Crippen LogP contribution in [0.4, 0.5) is 0 Å². The van der Waals surface area contributed by atoms with Gasteiger partial charge in [0.2, 0.25) is 5.91 Å². The average molecular weight is 268 g/mol. The third-order valence-corrected chi connectivity index (χ3v) is 4.16. The van der Waals surface area contributed by atoms with Crippen molar-refractivity contribution in [2.45, 2.75) is 66.3 Å². The van der Waals surface area contributed by atoms with Crippen LogP contribution in [-0.2, 0) is 4.79 Å². The first-order valence-electron chi connectivity index (χ1n) is 7.74. The number of carbonyl (C=O) groups excluding carboxylic acids is 1. The fraction of sp³-hybridized carbons (Fsp3) is 0.938. The molecule has 0 aromatic rings. The highest BCUT2D eigenvalue weighted by Gasteiger charge is 2.31. The van der Waals surface area contributed by atoms with Gasteiger partial charge in [-0.05, 0) is 36.5 Å². The van der Waals surface area contributed by atoms with Crippen LogP contribution in [0.3, 0.4) is 0 Å². The zero-order chi connectivity index (χ0) is 14.6. The fourth-order valence-corrected chi connectivity index (χ4v) is 3.45. The predicted molar refractivity (Wildman–Crippen MR) is 80.8 cm³/mol. The molecule has 1 fully saturated rings. The maximum atomic E-state index is 12.5. The van der Waals surface area contributed by atoms with E-state index in [1.54, 1.807) is 0 Å². The van der Waals surface area contributed by atoms with E-state index in [0.717, 1.165) is 19.4 Å². The van der Waals surface area contributed by atoms with Crippen LogP contribution in [-0.4, -0.2) is 29.9 Å². The summed E-state index contributed by atoms with van der Waals surface area (Å²) in [6, 6.07) is 0.253. The number of likely N-dealkylation sites (tertiary alicyclic amines) is 1. The van der Waals surface area contributed by atoms with Crippen LogP contribution >= 0.6 is 0 Å². The van der Waals surface area contributed by atoms with E-state index >= 15 is 0 Å². The van der Waals surface area contributed by atoms with E-state index in [1.807, 2.05) is 4.90 Å². The summed E-state index contributed by atoms with van der Waals surface area (Å²) in [5.74, 6) is 1.29. The lowest BCUT2D eigenvalue weighted by atomic mass is 9.83. The van der Waals surface area contributed by atoms with Crippen molar-refractivity contribution in [1.29, 1.82) is 0 Å². The highest BCUT2D eigenvalue weighted by molar-refractivity contribution is 5.77. The van der Waals surface area contributed by atoms with Crippen molar-refractivity contribution >= 4 is 5.91 Å². The van der Waals surface area contributed by atoms with Gasteiger partial charge in [0.25, 0.3) is 0 Å². The minimum atomic E-state index is 0.253. The summed E-state index contributed by atoms with van der Waals surface area (Å²) in [4.78, 5) is 14.5. The predicted octanol–water partition coefficient (Wildman–Crippen LogP) is 3.03. The standard InChI is InChI=1S/C16H32N2O/c1-12(10-16(3,4)5)9-15(19)18-8-6-7-13(2)14(18)11-17/h12-14H,6-11,17H2,1-5H3. The lowest BCUT2D eigenvalue weighted by Crippen LogP contribution is -2.51. The van der Waals surface area contributed by atoms with E-state index in [4.69, 9.17) is 5.73 Å². The SMILES string of the molecule is CC(CC(=O)N1CCCC(C)C1CN)CC(C)(C)C. The maximum absolute atomic E-state index is 12.5. The zero-order valence-corrected chi connectivity index (χ0v) is 13.4. The van der Waals surface area contributed by atoms with E-state index in [9.17, 15) is 4.79 Å². The molecule has 1 heterocycles. The van der Waals surface area contributed by atoms with Crippen molar-refractivity contribution < 1.29 is 4.79 Å². The third-order valence-electron chi connectivity index (χ3n) is 4.16. The molecule has 3 nitrogen and oxygen atoms in total. The molecular formula is C16H32N2O. The topological polar surface area (TPSA) is 46.3 Å². The Balaban J connectivity index is 2.56. The monoisotopic (exact) mass is 268 g/mol. The first-order chi connectivity index (χ1) is 8.74. The molecule has 1 amide bonds. The molecule has 0 aromatic carbocycles. The molecule has 3 unspecified atom stereocenters. The smallest absolute Gasteiger partial charge is 0.223 e. The zero-order valence-electron chi connectivity index (χ0n) is 13.4. The second-order valence-corrected chi connectivity index (χ2v) is 7.58. The Labute approximate surface area is 118 Å². The number of hydrogen-bond donors (Lipinski definition) is 1. The van der Waals surface area contributed by atoms with Crippen molar-refractivity contribution in [1.82, 2.24) is 4.90 Å². The molecule has 0 aromatic heterocycles. The van der Waals surface area contributed by atoms with Crippen LogP contribution in [0.5, 0.6) is 0 Å². The molecule has 0 radical (unpaired) electrons. The Hall–Kier alpha value is -0.570. The van der Waals surface area contributed by atoms with Crippen molar-refractivity contribution in [3.8, 4) is 0 Å². The summed E-state index contributed by atoms with van der Waals surface area (Å²) in [5.41, 5.74) is 6.15. The van der Waals surface area contributed by atoms with E-state index < -0.39 is 0 Å². The van der Waals surface area contributed by atoms with E-state index in [1.165, 1.54) is 6.42 Å². The van der Waals surface area contributed by atoms with Gasteiger partial charge in [-0.2, -0.15) is 0 Å². The molecule has 1 aliphatic rings. The molecular weight excluding hydrogens is 236 g/mol. The Morgan fingerprint density at radius 1 is 1.42 bits per heavy atom. The van der Waals surface area contributed by atoms with E-state index in [2.05, 4.69) is 34.6 Å². The third kappa shape index (κ3) is 5.13. The van der Waals surface area contributed by atoms with E-state index in [0.29, 0.717) is 36.1 Å². The van der Waals surface area contributed by atoms with Gasteiger partial charge < -0.3 is 10.6 Å². The van der Waals surface area contributed by atoms with Gasteiger partial charge in [-0.15, -0.1) is 0 Å². The van der Waals surface area contributed by atoms with Gasteiger partial charge in [-0.25, -0.2) is 0 Å². The fourth-order valence-electron chi connectivity index (χ4n) is 3.45. The highest BCUT2D eigenvalue weighted by Crippen LogP contribution is 2.28. The Bertz CT molecular complexity index is 296. The second-order valence-electron chi connectivity index (χ2n) is 7.58. The van der Waals surface area contributed by atoms with Gasteiger partial charge in [-0.3, -0.25) is 4.79 Å². The largest absolute Gasteiger partial charge is 0.338 e. The van der Waals surface area contributed by atoms with Crippen LogP contribution in [0.15, 0.2) is 0 Å². The summed E-state index contributed by atoms with van der Waals surface area (Å²) in [5, 5.41) is 0. The van der Waals surface area contributed by atoms with Gasteiger partial charge in [0, 0.05) is 25.6 Å². The molecule has 0 bridgehead atoms. The molecule has 1 rings (SSSR count). The van der Waals surface area contributed by atoms with Gasteiger partial charge in [0.1, 0.15) is 0 Å². The van der Waals surface area contributed by atoms with Crippen molar-refractivity contribution in [3.63, 3.8) is 0 Å². The van der Waals surface area contributed by atoms with Gasteiger partial charge in [0.15, 0.2) is 0 Å². The van der Waals surface area contributed by atoms with Gasteiger partial charge >= 0.3 is 0 Å². The second kappa shape index (κ2) is 6.74. The number of amides is 1. The van der Waals surface area contributed by atoms with Crippen LogP contribution in [0.25, 0.3) is 0 Å². The molecule has 3 atom stereocenters. The van der Waals surface area contributed by atoms with Crippen LogP contribution in [0.2, 0.25) is 0 Å². The Morgan fingerprint density at radius 2 is 2.05 bits per heavy atom. The lowest BCUT2D eigenvalue weighted by Gasteiger charge is -2.40. The molecule has 112 valence electrons. The molecule has 19 heavy (non-hydrogen) atoms. The number of nitrogens with two attached hydrogens (primary N) is 1. The van der Waals surface area contributed by atoms with Crippen molar-refractivity contribution in [2.24, 2.45) is 23.0 Å². The van der Waals surface area contributed by atoms with Gasteiger partial charge in [0.05, 0.1) is 0 Å². The molecule has 1 aliphatic heterocycles. The molecule has 2 N–H and O–H groups in total. The van der Waals surface area contributed by atoms with Crippen molar-refractivity contribution in [3.05, 3.63) is 0 Å². The molecule has 3 heteroatoms. The minimum Gasteiger partial charge on any atom is -0.338 e. The van der Waals surface area contributed by atoms with E-state index in [-0.39, 0.29) is 6.04 Å². The normalized spacial score (nSPS) is 26.3. The highest BCUT2D eigenvalue weighted by atomic mass is 16.2. The van der Waals surface area contributed by atoms with Crippen molar-refractivity contribution in [2.75, 3.05) is 13.1 Å². The Kier molecular flexibility index (Phi) is 5.84. The number of nitrogens with zero attached hydrogens (tertiary/aromatic N) is 1. The van der Waals surface area contributed by atoms with Crippen LogP contribution in [0, 0.1) is 17.3 Å². The number of hydrogen-bond acceptors (Lipinski definition) is 2. The summed E-state index contributed by atoms with van der Waals surface area (Å²) < 4.78 is 0. The Morgan fingerprint density at radius 3 is 2.58 bits per heavy atom. The summed E-state index contributed by atoms with van der Waals surface area (Å²) in [7, 11) is 0. The summed E-state index contributed by atoms with van der Waals surface area (Å²) in [6.45, 7) is 12.6. The average Bonchev–Trinajstić information content (AvgIpc) is 2.25. The quantitative estimate of drug-likeness (QED) is 0.852. The van der Waals surface area contributed by atoms with Crippen LogP contribution in [0.1, 0.15) is 60.3 Å². The summed E-state index contributed by atoms with van der Waals surface area (Å²) >= 11 is 0. The molecule has 0 saturated carbocycles.